The maximum absolute atomic E-state index is 5.68. The van der Waals surface area contributed by atoms with Crippen LogP contribution in [0.25, 0.3) is 0 Å². The summed E-state index contributed by atoms with van der Waals surface area (Å²) in [6, 6.07) is 8.37. The van der Waals surface area contributed by atoms with Gasteiger partial charge in [-0.2, -0.15) is 0 Å². The number of nitrogens with one attached hydrogen (secondary N) is 1. The van der Waals surface area contributed by atoms with Crippen LogP contribution in [-0.4, -0.2) is 16.2 Å². The lowest BCUT2D eigenvalue weighted by molar-refractivity contribution is 0.339. The fourth-order valence-electron chi connectivity index (χ4n) is 2.40. The average Bonchev–Trinajstić information content (AvgIpc) is 3.05. The van der Waals surface area contributed by atoms with Crippen LogP contribution in [0.15, 0.2) is 36.7 Å². The largest absolute Gasteiger partial charge is 0.491 e. The van der Waals surface area contributed by atoms with Gasteiger partial charge in [0.05, 0.1) is 6.04 Å². The van der Waals surface area contributed by atoms with Crippen LogP contribution >= 0.6 is 0 Å². The molecule has 1 unspecified atom stereocenters. The Morgan fingerprint density at radius 3 is 3.21 bits per heavy atom. The van der Waals surface area contributed by atoms with Crippen LogP contribution in [0.3, 0.4) is 0 Å². The van der Waals surface area contributed by atoms with Gasteiger partial charge in [-0.1, -0.05) is 31.5 Å². The predicted molar refractivity (Wildman–Crippen MR) is 75.4 cm³/mol. The van der Waals surface area contributed by atoms with E-state index in [0.29, 0.717) is 6.61 Å². The lowest BCUT2D eigenvalue weighted by Gasteiger charge is -2.14. The maximum atomic E-state index is 5.68. The van der Waals surface area contributed by atoms with E-state index in [1.54, 1.807) is 0 Å². The second-order valence-corrected chi connectivity index (χ2v) is 4.84. The van der Waals surface area contributed by atoms with Crippen molar-refractivity contribution in [3.63, 3.8) is 0 Å². The summed E-state index contributed by atoms with van der Waals surface area (Å²) in [6.07, 6.45) is 6.23. The van der Waals surface area contributed by atoms with Gasteiger partial charge in [-0.15, -0.1) is 0 Å². The van der Waals surface area contributed by atoms with E-state index in [4.69, 9.17) is 4.74 Å². The second kappa shape index (κ2) is 5.34. The van der Waals surface area contributed by atoms with Gasteiger partial charge in [0.15, 0.2) is 0 Å². The van der Waals surface area contributed by atoms with Gasteiger partial charge in [0.25, 0.3) is 0 Å². The number of ether oxygens (including phenoxy) is 1. The molecule has 19 heavy (non-hydrogen) atoms. The fraction of sp³-hybridized carbons (Fsp3) is 0.400. The van der Waals surface area contributed by atoms with Crippen LogP contribution in [-0.2, 0) is 6.54 Å². The van der Waals surface area contributed by atoms with Crippen molar-refractivity contribution < 1.29 is 4.74 Å². The Hall–Kier alpha value is -1.97. The Kier molecular flexibility index (Phi) is 3.40. The standard InChI is InChI=1S/C15H19N3O/c1-2-3-9-18-10-8-16-15(18)17-13-11-19-14-7-5-4-6-12(13)14/h4-8,10,13H,2-3,9,11H2,1H3,(H,16,17). The summed E-state index contributed by atoms with van der Waals surface area (Å²) < 4.78 is 7.85. The Bertz CT molecular complexity index is 550. The van der Waals surface area contributed by atoms with Crippen molar-refractivity contribution in [2.24, 2.45) is 0 Å². The molecule has 4 nitrogen and oxygen atoms in total. The number of hydrogen-bond acceptors (Lipinski definition) is 3. The molecular weight excluding hydrogens is 238 g/mol. The minimum atomic E-state index is 0.193. The van der Waals surface area contributed by atoms with Crippen molar-refractivity contribution >= 4 is 5.95 Å². The maximum Gasteiger partial charge on any atom is 0.203 e. The number of imidazole rings is 1. The molecule has 2 aromatic rings. The van der Waals surface area contributed by atoms with E-state index in [2.05, 4.69) is 27.9 Å². The van der Waals surface area contributed by atoms with Gasteiger partial charge in [0.2, 0.25) is 5.95 Å². The Labute approximate surface area is 113 Å². The van der Waals surface area contributed by atoms with Crippen molar-refractivity contribution in [1.82, 2.24) is 9.55 Å². The molecule has 4 heteroatoms. The summed E-state index contributed by atoms with van der Waals surface area (Å²) in [6.45, 7) is 3.87. The molecule has 3 rings (SSSR count). The Balaban J connectivity index is 1.74. The van der Waals surface area contributed by atoms with E-state index in [1.807, 2.05) is 30.6 Å². The number of nitrogens with zero attached hydrogens (tertiary/aromatic N) is 2. The number of rotatable bonds is 5. The summed E-state index contributed by atoms with van der Waals surface area (Å²) in [4.78, 5) is 4.40. The first-order valence-corrected chi connectivity index (χ1v) is 6.88. The van der Waals surface area contributed by atoms with E-state index in [1.165, 1.54) is 18.4 Å². The zero-order valence-electron chi connectivity index (χ0n) is 11.2. The van der Waals surface area contributed by atoms with E-state index in [0.717, 1.165) is 18.2 Å². The second-order valence-electron chi connectivity index (χ2n) is 4.84. The van der Waals surface area contributed by atoms with Gasteiger partial charge in [-0.25, -0.2) is 4.98 Å². The summed E-state index contributed by atoms with van der Waals surface area (Å²) in [5, 5.41) is 3.48. The normalized spacial score (nSPS) is 17.0. The third kappa shape index (κ3) is 2.43. The zero-order chi connectivity index (χ0) is 13.1. The van der Waals surface area contributed by atoms with Crippen LogP contribution in [0.2, 0.25) is 0 Å². The fourth-order valence-corrected chi connectivity index (χ4v) is 2.40. The van der Waals surface area contributed by atoms with Gasteiger partial charge in [-0.05, 0) is 12.5 Å². The Morgan fingerprint density at radius 1 is 1.42 bits per heavy atom. The molecule has 0 saturated heterocycles. The molecule has 100 valence electrons. The van der Waals surface area contributed by atoms with Gasteiger partial charge in [0.1, 0.15) is 12.4 Å². The number of aromatic nitrogens is 2. The van der Waals surface area contributed by atoms with Gasteiger partial charge < -0.3 is 14.6 Å². The molecule has 0 spiro atoms. The minimum Gasteiger partial charge on any atom is -0.491 e. The highest BCUT2D eigenvalue weighted by Gasteiger charge is 2.24. The molecular formula is C15H19N3O. The summed E-state index contributed by atoms with van der Waals surface area (Å²) in [5.74, 6) is 1.91. The van der Waals surface area contributed by atoms with Crippen molar-refractivity contribution in [2.45, 2.75) is 32.4 Å². The zero-order valence-corrected chi connectivity index (χ0v) is 11.2. The molecule has 2 heterocycles. The van der Waals surface area contributed by atoms with Gasteiger partial charge in [0, 0.05) is 24.5 Å². The highest BCUT2D eigenvalue weighted by Crippen LogP contribution is 2.33. The summed E-state index contributed by atoms with van der Waals surface area (Å²) in [5.41, 5.74) is 1.22. The monoisotopic (exact) mass is 257 g/mol. The third-order valence-corrected chi connectivity index (χ3v) is 3.47. The number of unbranched alkanes of at least 4 members (excludes halogenated alkanes) is 1. The smallest absolute Gasteiger partial charge is 0.203 e. The minimum absolute atomic E-state index is 0.193. The van der Waals surface area contributed by atoms with E-state index in [9.17, 15) is 0 Å². The molecule has 0 amide bonds. The molecule has 1 aliphatic heterocycles. The van der Waals surface area contributed by atoms with Crippen molar-refractivity contribution in [3.05, 3.63) is 42.2 Å². The van der Waals surface area contributed by atoms with E-state index < -0.39 is 0 Å². The van der Waals surface area contributed by atoms with E-state index >= 15 is 0 Å². The molecule has 0 aliphatic carbocycles. The first-order chi connectivity index (χ1) is 9.38. The third-order valence-electron chi connectivity index (χ3n) is 3.47. The lowest BCUT2D eigenvalue weighted by atomic mass is 10.1. The molecule has 1 aromatic carbocycles. The van der Waals surface area contributed by atoms with Crippen LogP contribution in [0.1, 0.15) is 31.4 Å². The highest BCUT2D eigenvalue weighted by molar-refractivity contribution is 5.44. The van der Waals surface area contributed by atoms with Crippen molar-refractivity contribution in [3.8, 4) is 5.75 Å². The quantitative estimate of drug-likeness (QED) is 0.893. The molecule has 1 aromatic heterocycles. The first-order valence-electron chi connectivity index (χ1n) is 6.88. The molecule has 0 fully saturated rings. The topological polar surface area (TPSA) is 39.1 Å². The molecule has 0 radical (unpaired) electrons. The van der Waals surface area contributed by atoms with Gasteiger partial charge in [-0.3, -0.25) is 0 Å². The molecule has 1 aliphatic rings. The van der Waals surface area contributed by atoms with Crippen LogP contribution in [0.4, 0.5) is 5.95 Å². The number of hydrogen-bond donors (Lipinski definition) is 1. The number of benzene rings is 1. The predicted octanol–water partition coefficient (Wildman–Crippen LogP) is 3.23. The van der Waals surface area contributed by atoms with Crippen LogP contribution in [0.5, 0.6) is 5.75 Å². The molecule has 0 saturated carbocycles. The SMILES string of the molecule is CCCCn1ccnc1NC1COc2ccccc21. The van der Waals surface area contributed by atoms with Gasteiger partial charge >= 0.3 is 0 Å². The van der Waals surface area contributed by atoms with Crippen molar-refractivity contribution in [1.29, 1.82) is 0 Å². The number of para-hydroxylation sites is 1. The molecule has 1 N–H and O–H groups in total. The Morgan fingerprint density at radius 2 is 2.32 bits per heavy atom. The molecule has 0 bridgehead atoms. The first kappa shape index (κ1) is 12.1. The van der Waals surface area contributed by atoms with Crippen molar-refractivity contribution in [2.75, 3.05) is 11.9 Å². The number of anilines is 1. The lowest BCUT2D eigenvalue weighted by Crippen LogP contribution is -2.15. The van der Waals surface area contributed by atoms with E-state index in [-0.39, 0.29) is 6.04 Å². The summed E-state index contributed by atoms with van der Waals surface area (Å²) >= 11 is 0. The number of aryl methyl sites for hydroxylation is 1. The highest BCUT2D eigenvalue weighted by atomic mass is 16.5. The average molecular weight is 257 g/mol. The summed E-state index contributed by atoms with van der Waals surface area (Å²) in [7, 11) is 0. The van der Waals surface area contributed by atoms with Crippen LogP contribution in [0, 0.1) is 0 Å². The molecule has 1 atom stereocenters. The number of fused-ring (bicyclic) bond motifs is 1. The van der Waals surface area contributed by atoms with Crippen LogP contribution < -0.4 is 10.1 Å².